The average Bonchev–Trinajstić information content (AvgIpc) is 2.06. The Morgan fingerprint density at radius 2 is 1.62 bits per heavy atom. The Morgan fingerprint density at radius 3 is 2.00 bits per heavy atom. The van der Waals surface area contributed by atoms with Crippen LogP contribution in [0.1, 0.15) is 6.92 Å². The van der Waals surface area contributed by atoms with Crippen LogP contribution in [0.4, 0.5) is 0 Å². The van der Waals surface area contributed by atoms with E-state index in [0.717, 1.165) is 12.4 Å². The second kappa shape index (κ2) is 10.3. The first-order valence-corrected chi connectivity index (χ1v) is 16.3. The standard InChI is InChI=1S/C8H10O.Al.3HI/c1-2-9-8-6-4-3-5-7-8;;;;/h3-7H,2H2,1H3;;3*1H/q;+3;;;/p-3. The fraction of sp³-hybridized carbons (Fsp3) is 0.250. The number of ether oxygens (including phenoxy) is 1. The van der Waals surface area contributed by atoms with Gasteiger partial charge >= 0.3 is 4.30 Å². The molecule has 0 aliphatic carbocycles. The van der Waals surface area contributed by atoms with Crippen LogP contribution in [0.3, 0.4) is 0 Å². The average molecular weight is 530 g/mol. The lowest BCUT2D eigenvalue weighted by atomic mass is 10.3. The summed E-state index contributed by atoms with van der Waals surface area (Å²) in [6, 6.07) is 9.80. The molecule has 1 aromatic carbocycles. The third-order valence-corrected chi connectivity index (χ3v) is 1.05. The number of hydrogen-bond acceptors (Lipinski definition) is 1. The van der Waals surface area contributed by atoms with E-state index in [1.165, 1.54) is 0 Å². The molecule has 0 heterocycles. The summed E-state index contributed by atoms with van der Waals surface area (Å²) < 4.78 is 4.98. The molecule has 0 N–H and O–H groups in total. The van der Waals surface area contributed by atoms with E-state index in [1.807, 2.05) is 37.3 Å². The summed E-state index contributed by atoms with van der Waals surface area (Å²) in [5.41, 5.74) is 0. The first-order valence-electron chi connectivity index (χ1n) is 3.77. The van der Waals surface area contributed by atoms with E-state index in [4.69, 9.17) is 4.74 Å². The van der Waals surface area contributed by atoms with Crippen LogP contribution < -0.4 is 4.74 Å². The summed E-state index contributed by atoms with van der Waals surface area (Å²) >= 11 is 7.37. The normalized spacial score (nSPS) is 8.31. The number of para-hydroxylation sites is 1. The first-order chi connectivity index (χ1) is 6.16. The zero-order chi connectivity index (χ0) is 10.1. The van der Waals surface area contributed by atoms with E-state index < -0.39 is 0 Å². The highest BCUT2D eigenvalue weighted by molar-refractivity contribution is 14.4. The van der Waals surface area contributed by atoms with E-state index in [0.29, 0.717) is 0 Å². The van der Waals surface area contributed by atoms with Gasteiger partial charge in [-0.25, -0.2) is 0 Å². The van der Waals surface area contributed by atoms with E-state index in [-0.39, 0.29) is 4.30 Å². The highest BCUT2D eigenvalue weighted by atomic mass is 127. The predicted octanol–water partition coefficient (Wildman–Crippen LogP) is 4.36. The molecule has 0 spiro atoms. The van der Waals surface area contributed by atoms with E-state index >= 15 is 0 Å². The zero-order valence-corrected chi connectivity index (χ0v) is 14.8. The minimum atomic E-state index is -0.229. The Hall–Kier alpha value is 1.74. The quantitative estimate of drug-likeness (QED) is 0.409. The van der Waals surface area contributed by atoms with Gasteiger partial charge in [-0.15, -0.1) is 0 Å². The van der Waals surface area contributed by atoms with Crippen LogP contribution in [0, 0.1) is 0 Å². The van der Waals surface area contributed by atoms with Crippen molar-refractivity contribution in [2.75, 3.05) is 6.61 Å². The third-order valence-electron chi connectivity index (χ3n) is 1.05. The molecule has 5 heteroatoms. The van der Waals surface area contributed by atoms with Gasteiger partial charge in [-0.05, 0) is 19.1 Å². The van der Waals surface area contributed by atoms with Crippen molar-refractivity contribution in [1.82, 2.24) is 0 Å². The van der Waals surface area contributed by atoms with Crippen LogP contribution in [0.2, 0.25) is 0 Å². The summed E-state index contributed by atoms with van der Waals surface area (Å²) in [5.74, 6) is 0.944. The molecule has 72 valence electrons. The molecule has 0 atom stereocenters. The summed E-state index contributed by atoms with van der Waals surface area (Å²) in [4.78, 5) is 0. The van der Waals surface area contributed by atoms with Gasteiger partial charge in [-0.2, -0.15) is 60.8 Å². The van der Waals surface area contributed by atoms with Crippen molar-refractivity contribution in [1.29, 1.82) is 0 Å². The summed E-state index contributed by atoms with van der Waals surface area (Å²) in [7, 11) is 0. The molecular weight excluding hydrogens is 520 g/mol. The van der Waals surface area contributed by atoms with Gasteiger partial charge in [-0.1, -0.05) is 18.2 Å². The number of halogens is 3. The maximum Gasteiger partial charge on any atom is 0.524 e. The molecule has 1 nitrogen and oxygen atoms in total. The summed E-state index contributed by atoms with van der Waals surface area (Å²) in [5, 5.41) is 0. The Morgan fingerprint density at radius 1 is 1.15 bits per heavy atom. The molecule has 1 rings (SSSR count). The lowest BCUT2D eigenvalue weighted by Crippen LogP contribution is -1.89. The third kappa shape index (κ3) is 11.7. The van der Waals surface area contributed by atoms with Crippen molar-refractivity contribution in [3.8, 4) is 5.75 Å². The second-order valence-corrected chi connectivity index (χ2v) is 35.1. The molecule has 13 heavy (non-hydrogen) atoms. The highest BCUT2D eigenvalue weighted by Gasteiger charge is 1.94. The van der Waals surface area contributed by atoms with Crippen LogP contribution in [-0.4, -0.2) is 10.9 Å². The van der Waals surface area contributed by atoms with Crippen LogP contribution >= 0.6 is 60.8 Å². The highest BCUT2D eigenvalue weighted by Crippen LogP contribution is 2.10. The van der Waals surface area contributed by atoms with Crippen LogP contribution in [0.15, 0.2) is 30.3 Å². The largest absolute Gasteiger partial charge is 0.524 e. The molecule has 0 aliphatic heterocycles. The zero-order valence-electron chi connectivity index (χ0n) is 7.21. The Balaban J connectivity index is 0.000000310. The lowest BCUT2D eigenvalue weighted by molar-refractivity contribution is 0.340. The van der Waals surface area contributed by atoms with Gasteiger partial charge < -0.3 is 4.74 Å². The Kier molecular flexibility index (Phi) is 11.6. The number of benzene rings is 1. The number of rotatable bonds is 2. The lowest BCUT2D eigenvalue weighted by Gasteiger charge is -1.99. The Bertz CT molecular complexity index is 203. The monoisotopic (exact) mass is 530 g/mol. The van der Waals surface area contributed by atoms with Crippen molar-refractivity contribution in [3.63, 3.8) is 0 Å². The number of hydrogen-bond donors (Lipinski definition) is 0. The maximum atomic E-state index is 5.21. The van der Waals surface area contributed by atoms with Gasteiger partial charge in [0.1, 0.15) is 5.75 Å². The van der Waals surface area contributed by atoms with E-state index in [9.17, 15) is 0 Å². The second-order valence-electron chi connectivity index (χ2n) is 1.99. The predicted molar refractivity (Wildman–Crippen MR) is 85.4 cm³/mol. The van der Waals surface area contributed by atoms with Crippen LogP contribution in [0.5, 0.6) is 5.75 Å². The van der Waals surface area contributed by atoms with Gasteiger partial charge in [0.2, 0.25) is 0 Å². The molecule has 0 bridgehead atoms. The molecule has 0 aliphatic rings. The molecule has 1 aromatic rings. The van der Waals surface area contributed by atoms with Crippen molar-refractivity contribution in [3.05, 3.63) is 30.3 Å². The minimum Gasteiger partial charge on any atom is -0.494 e. The molecule has 0 unspecified atom stereocenters. The fourth-order valence-electron chi connectivity index (χ4n) is 0.683. The molecular formula is C8H10AlI3O. The van der Waals surface area contributed by atoms with Crippen molar-refractivity contribution >= 4 is 65.1 Å². The SMILES string of the molecule is CCOc1ccccc1.[I][Al]([I])[I]. The van der Waals surface area contributed by atoms with Gasteiger partial charge in [-0.3, -0.25) is 0 Å². The minimum absolute atomic E-state index is 0.229. The van der Waals surface area contributed by atoms with Gasteiger partial charge in [0, 0.05) is 0 Å². The smallest absolute Gasteiger partial charge is 0.494 e. The van der Waals surface area contributed by atoms with Crippen molar-refractivity contribution in [2.45, 2.75) is 6.92 Å². The van der Waals surface area contributed by atoms with Gasteiger partial charge in [0.05, 0.1) is 6.61 Å². The fourth-order valence-corrected chi connectivity index (χ4v) is 0.683. The first kappa shape index (κ1) is 14.7. The topological polar surface area (TPSA) is 9.23 Å². The molecule has 0 aromatic heterocycles. The van der Waals surface area contributed by atoms with E-state index in [2.05, 4.69) is 60.8 Å². The van der Waals surface area contributed by atoms with Crippen molar-refractivity contribution in [2.24, 2.45) is 0 Å². The van der Waals surface area contributed by atoms with Crippen molar-refractivity contribution < 1.29 is 4.74 Å². The summed E-state index contributed by atoms with van der Waals surface area (Å²) in [6.45, 7) is 2.72. The molecule has 0 saturated carbocycles. The molecule has 0 amide bonds. The maximum absolute atomic E-state index is 5.21. The van der Waals surface area contributed by atoms with Crippen LogP contribution in [0.25, 0.3) is 0 Å². The summed E-state index contributed by atoms with van der Waals surface area (Å²) in [6.07, 6.45) is 0. The molecule has 0 saturated heterocycles. The molecule has 0 radical (unpaired) electrons. The van der Waals surface area contributed by atoms with Gasteiger partial charge in [0.25, 0.3) is 0 Å². The van der Waals surface area contributed by atoms with Crippen LogP contribution in [-0.2, 0) is 0 Å². The molecule has 0 fully saturated rings. The van der Waals surface area contributed by atoms with Gasteiger partial charge in [0.15, 0.2) is 0 Å². The Labute approximate surface area is 117 Å². The van der Waals surface area contributed by atoms with E-state index in [1.54, 1.807) is 0 Å².